The zero-order valence-corrected chi connectivity index (χ0v) is 8.20. The van der Waals surface area contributed by atoms with E-state index in [9.17, 15) is 0 Å². The van der Waals surface area contributed by atoms with Crippen molar-refractivity contribution in [2.45, 2.75) is 19.8 Å². The predicted octanol–water partition coefficient (Wildman–Crippen LogP) is 2.59. The first-order valence-corrected chi connectivity index (χ1v) is 4.58. The standard InChI is InChI=1S/C12H12N2/c1-10-3-2-4-11(7-10)8-12(9-14)5-6-13/h2-4,7,12H,5,8H2,1H3/t12-/m1/s1. The minimum absolute atomic E-state index is 0.179. The Morgan fingerprint density at radius 2 is 2.14 bits per heavy atom. The molecular weight excluding hydrogens is 172 g/mol. The summed E-state index contributed by atoms with van der Waals surface area (Å²) in [6, 6.07) is 12.2. The lowest BCUT2D eigenvalue weighted by atomic mass is 9.97. The van der Waals surface area contributed by atoms with Crippen LogP contribution in [-0.4, -0.2) is 0 Å². The van der Waals surface area contributed by atoms with Crippen LogP contribution in [0.2, 0.25) is 0 Å². The lowest BCUT2D eigenvalue weighted by molar-refractivity contribution is 0.680. The molecule has 0 saturated heterocycles. The van der Waals surface area contributed by atoms with Crippen molar-refractivity contribution in [1.82, 2.24) is 0 Å². The molecule has 0 saturated carbocycles. The van der Waals surface area contributed by atoms with Gasteiger partial charge in [0.1, 0.15) is 0 Å². The normalized spacial score (nSPS) is 11.4. The second-order valence-corrected chi connectivity index (χ2v) is 3.38. The molecule has 1 aromatic carbocycles. The van der Waals surface area contributed by atoms with Crippen LogP contribution in [0.15, 0.2) is 24.3 Å². The van der Waals surface area contributed by atoms with E-state index in [-0.39, 0.29) is 5.92 Å². The van der Waals surface area contributed by atoms with Crippen LogP contribution in [0.3, 0.4) is 0 Å². The number of nitrogens with zero attached hydrogens (tertiary/aromatic N) is 2. The Balaban J connectivity index is 2.69. The Morgan fingerprint density at radius 3 is 2.71 bits per heavy atom. The molecule has 0 unspecified atom stereocenters. The van der Waals surface area contributed by atoms with E-state index in [0.717, 1.165) is 5.56 Å². The molecular formula is C12H12N2. The Morgan fingerprint density at radius 1 is 1.36 bits per heavy atom. The monoisotopic (exact) mass is 184 g/mol. The molecule has 0 aliphatic heterocycles. The van der Waals surface area contributed by atoms with Gasteiger partial charge in [-0.2, -0.15) is 10.5 Å². The van der Waals surface area contributed by atoms with Crippen LogP contribution in [0.25, 0.3) is 0 Å². The van der Waals surface area contributed by atoms with Gasteiger partial charge in [-0.1, -0.05) is 29.8 Å². The second kappa shape index (κ2) is 5.04. The molecule has 14 heavy (non-hydrogen) atoms. The highest BCUT2D eigenvalue weighted by Gasteiger charge is 2.07. The molecule has 0 aliphatic rings. The van der Waals surface area contributed by atoms with Gasteiger partial charge in [0.25, 0.3) is 0 Å². The minimum Gasteiger partial charge on any atom is -0.198 e. The molecule has 2 heteroatoms. The Labute approximate surface area is 84.4 Å². The molecule has 0 bridgehead atoms. The van der Waals surface area contributed by atoms with Crippen molar-refractivity contribution in [3.63, 3.8) is 0 Å². The average molecular weight is 184 g/mol. The Kier molecular flexibility index (Phi) is 3.70. The molecule has 0 fully saturated rings. The number of aryl methyl sites for hydroxylation is 1. The number of hydrogen-bond donors (Lipinski definition) is 0. The summed E-state index contributed by atoms with van der Waals surface area (Å²) in [7, 11) is 0. The summed E-state index contributed by atoms with van der Waals surface area (Å²) < 4.78 is 0. The van der Waals surface area contributed by atoms with Crippen LogP contribution in [0.5, 0.6) is 0 Å². The molecule has 0 N–H and O–H groups in total. The van der Waals surface area contributed by atoms with Crippen LogP contribution in [0, 0.1) is 35.5 Å². The largest absolute Gasteiger partial charge is 0.198 e. The molecule has 1 aromatic rings. The lowest BCUT2D eigenvalue weighted by Crippen LogP contribution is -2.00. The third-order valence-electron chi connectivity index (χ3n) is 2.08. The number of benzene rings is 1. The van der Waals surface area contributed by atoms with Gasteiger partial charge in [-0.3, -0.25) is 0 Å². The van der Waals surface area contributed by atoms with Gasteiger partial charge >= 0.3 is 0 Å². The minimum atomic E-state index is -0.179. The summed E-state index contributed by atoms with van der Waals surface area (Å²) in [6.07, 6.45) is 0.982. The third-order valence-corrected chi connectivity index (χ3v) is 2.08. The third kappa shape index (κ3) is 2.92. The van der Waals surface area contributed by atoms with E-state index in [1.54, 1.807) is 0 Å². The van der Waals surface area contributed by atoms with E-state index in [1.165, 1.54) is 5.56 Å². The van der Waals surface area contributed by atoms with Crippen LogP contribution in [-0.2, 0) is 6.42 Å². The summed E-state index contributed by atoms with van der Waals surface area (Å²) >= 11 is 0. The smallest absolute Gasteiger partial charge is 0.0670 e. The van der Waals surface area contributed by atoms with E-state index in [0.29, 0.717) is 12.8 Å². The zero-order valence-electron chi connectivity index (χ0n) is 8.20. The second-order valence-electron chi connectivity index (χ2n) is 3.38. The van der Waals surface area contributed by atoms with Gasteiger partial charge in [-0.25, -0.2) is 0 Å². The van der Waals surface area contributed by atoms with Crippen molar-refractivity contribution in [2.24, 2.45) is 5.92 Å². The molecule has 0 aromatic heterocycles. The summed E-state index contributed by atoms with van der Waals surface area (Å²) in [5.41, 5.74) is 2.32. The summed E-state index contributed by atoms with van der Waals surface area (Å²) in [5, 5.41) is 17.3. The van der Waals surface area contributed by atoms with E-state index in [4.69, 9.17) is 10.5 Å². The van der Waals surface area contributed by atoms with E-state index >= 15 is 0 Å². The average Bonchev–Trinajstić information content (AvgIpc) is 2.17. The van der Waals surface area contributed by atoms with Gasteiger partial charge in [0.2, 0.25) is 0 Å². The zero-order chi connectivity index (χ0) is 10.4. The van der Waals surface area contributed by atoms with Gasteiger partial charge in [0, 0.05) is 0 Å². The SMILES string of the molecule is Cc1cccc(C[C@H](C#N)CC#N)c1. The van der Waals surface area contributed by atoms with Crippen LogP contribution in [0.1, 0.15) is 17.5 Å². The van der Waals surface area contributed by atoms with Crippen LogP contribution >= 0.6 is 0 Å². The maximum Gasteiger partial charge on any atom is 0.0670 e. The highest BCUT2D eigenvalue weighted by Crippen LogP contribution is 2.12. The maximum absolute atomic E-state index is 8.79. The fourth-order valence-electron chi connectivity index (χ4n) is 1.40. The maximum atomic E-state index is 8.79. The van der Waals surface area contributed by atoms with Crippen molar-refractivity contribution in [2.75, 3.05) is 0 Å². The van der Waals surface area contributed by atoms with Gasteiger partial charge in [0.15, 0.2) is 0 Å². The van der Waals surface area contributed by atoms with Crippen molar-refractivity contribution in [3.05, 3.63) is 35.4 Å². The first-order chi connectivity index (χ1) is 6.76. The molecule has 0 aliphatic carbocycles. The van der Waals surface area contributed by atoms with Gasteiger partial charge in [-0.15, -0.1) is 0 Å². The Hall–Kier alpha value is -1.80. The first-order valence-electron chi connectivity index (χ1n) is 4.58. The van der Waals surface area contributed by atoms with Gasteiger partial charge in [0.05, 0.1) is 24.5 Å². The van der Waals surface area contributed by atoms with E-state index in [2.05, 4.69) is 12.1 Å². The van der Waals surface area contributed by atoms with Gasteiger partial charge < -0.3 is 0 Å². The van der Waals surface area contributed by atoms with Crippen molar-refractivity contribution >= 4 is 0 Å². The summed E-state index contributed by atoms with van der Waals surface area (Å²) in [6.45, 7) is 2.02. The molecule has 0 radical (unpaired) electrons. The fourth-order valence-corrected chi connectivity index (χ4v) is 1.40. The first kappa shape index (κ1) is 10.3. The number of rotatable bonds is 3. The van der Waals surface area contributed by atoms with Crippen molar-refractivity contribution < 1.29 is 0 Å². The van der Waals surface area contributed by atoms with Gasteiger partial charge in [-0.05, 0) is 18.9 Å². The number of hydrogen-bond acceptors (Lipinski definition) is 2. The molecule has 0 spiro atoms. The summed E-state index contributed by atoms with van der Waals surface area (Å²) in [5.74, 6) is -0.179. The Bertz CT molecular complexity index is 382. The van der Waals surface area contributed by atoms with E-state index in [1.807, 2.05) is 31.2 Å². The highest BCUT2D eigenvalue weighted by molar-refractivity contribution is 5.23. The van der Waals surface area contributed by atoms with Crippen LogP contribution in [0.4, 0.5) is 0 Å². The fraction of sp³-hybridized carbons (Fsp3) is 0.333. The van der Waals surface area contributed by atoms with Crippen molar-refractivity contribution in [3.8, 4) is 12.1 Å². The summed E-state index contributed by atoms with van der Waals surface area (Å²) in [4.78, 5) is 0. The quantitative estimate of drug-likeness (QED) is 0.724. The van der Waals surface area contributed by atoms with E-state index < -0.39 is 0 Å². The predicted molar refractivity (Wildman–Crippen MR) is 54.2 cm³/mol. The van der Waals surface area contributed by atoms with Crippen LogP contribution < -0.4 is 0 Å². The number of nitriles is 2. The topological polar surface area (TPSA) is 47.6 Å². The molecule has 70 valence electrons. The molecule has 1 rings (SSSR count). The molecule has 0 amide bonds. The van der Waals surface area contributed by atoms with Crippen molar-refractivity contribution in [1.29, 1.82) is 10.5 Å². The lowest BCUT2D eigenvalue weighted by Gasteiger charge is -2.05. The highest BCUT2D eigenvalue weighted by atomic mass is 14.3. The molecule has 1 atom stereocenters. The molecule has 0 heterocycles. The molecule has 2 nitrogen and oxygen atoms in total.